The number of amides is 2. The SMILES string of the molecule is O=C(NCc1cccc(NC(=O)C2CCCC2)c1)c1cccc(-n2cnnn2)c1. The fourth-order valence-corrected chi connectivity index (χ4v) is 3.55. The van der Waals surface area contributed by atoms with E-state index >= 15 is 0 Å². The van der Waals surface area contributed by atoms with Gasteiger partial charge in [-0.25, -0.2) is 4.68 Å². The predicted octanol–water partition coefficient (Wildman–Crippen LogP) is 2.72. The standard InChI is InChI=1S/C21H22N6O2/c28-20(17-8-4-10-19(12-17)27-14-23-25-26-27)22-13-15-5-3-9-18(11-15)24-21(29)16-6-1-2-7-16/h3-5,8-12,14,16H,1-2,6-7,13H2,(H,22,28)(H,24,29). The average Bonchev–Trinajstić information content (AvgIpc) is 3.47. The van der Waals surface area contributed by atoms with E-state index in [0.29, 0.717) is 17.8 Å². The lowest BCUT2D eigenvalue weighted by molar-refractivity contribution is -0.119. The minimum Gasteiger partial charge on any atom is -0.348 e. The monoisotopic (exact) mass is 390 g/mol. The first-order chi connectivity index (χ1) is 14.2. The van der Waals surface area contributed by atoms with Crippen LogP contribution in [0.1, 0.15) is 41.6 Å². The molecule has 148 valence electrons. The highest BCUT2D eigenvalue weighted by molar-refractivity contribution is 5.95. The van der Waals surface area contributed by atoms with Gasteiger partial charge in [-0.3, -0.25) is 9.59 Å². The van der Waals surface area contributed by atoms with Crippen LogP contribution in [0.25, 0.3) is 5.69 Å². The number of nitrogens with one attached hydrogen (secondary N) is 2. The van der Waals surface area contributed by atoms with Crippen molar-refractivity contribution < 1.29 is 9.59 Å². The lowest BCUT2D eigenvalue weighted by Gasteiger charge is -2.12. The number of carbonyl (C=O) groups is 2. The Morgan fingerprint density at radius 3 is 2.69 bits per heavy atom. The van der Waals surface area contributed by atoms with Crippen molar-refractivity contribution in [1.29, 1.82) is 0 Å². The molecule has 0 saturated heterocycles. The van der Waals surface area contributed by atoms with Gasteiger partial charge in [-0.05, 0) is 59.2 Å². The number of carbonyl (C=O) groups excluding carboxylic acids is 2. The normalized spacial score (nSPS) is 13.9. The Morgan fingerprint density at radius 1 is 1.07 bits per heavy atom. The van der Waals surface area contributed by atoms with Crippen LogP contribution in [0.2, 0.25) is 0 Å². The van der Waals surface area contributed by atoms with Crippen LogP contribution >= 0.6 is 0 Å². The third-order valence-corrected chi connectivity index (χ3v) is 5.10. The molecule has 1 aromatic heterocycles. The molecule has 0 bridgehead atoms. The summed E-state index contributed by atoms with van der Waals surface area (Å²) in [5.41, 5.74) is 2.90. The third-order valence-electron chi connectivity index (χ3n) is 5.10. The van der Waals surface area contributed by atoms with Gasteiger partial charge in [0.15, 0.2) is 0 Å². The summed E-state index contributed by atoms with van der Waals surface area (Å²) in [6, 6.07) is 14.6. The van der Waals surface area contributed by atoms with Crippen molar-refractivity contribution in [3.63, 3.8) is 0 Å². The van der Waals surface area contributed by atoms with Crippen LogP contribution in [0.4, 0.5) is 5.69 Å². The molecule has 1 fully saturated rings. The second kappa shape index (κ2) is 8.64. The van der Waals surface area contributed by atoms with Crippen molar-refractivity contribution in [2.75, 3.05) is 5.32 Å². The molecule has 4 rings (SSSR count). The van der Waals surface area contributed by atoms with Gasteiger partial charge in [0.25, 0.3) is 5.91 Å². The third kappa shape index (κ3) is 4.66. The number of tetrazole rings is 1. The first-order valence-corrected chi connectivity index (χ1v) is 9.70. The Kier molecular flexibility index (Phi) is 5.60. The quantitative estimate of drug-likeness (QED) is 0.674. The maximum absolute atomic E-state index is 12.5. The molecule has 0 unspecified atom stereocenters. The van der Waals surface area contributed by atoms with Crippen LogP contribution < -0.4 is 10.6 Å². The maximum atomic E-state index is 12.5. The zero-order valence-corrected chi connectivity index (χ0v) is 15.9. The lowest BCUT2D eigenvalue weighted by Crippen LogP contribution is -2.23. The van der Waals surface area contributed by atoms with E-state index in [-0.39, 0.29) is 17.7 Å². The van der Waals surface area contributed by atoms with E-state index in [1.165, 1.54) is 11.0 Å². The van der Waals surface area contributed by atoms with Gasteiger partial charge >= 0.3 is 0 Å². The first kappa shape index (κ1) is 18.8. The molecule has 1 aliphatic rings. The summed E-state index contributed by atoms with van der Waals surface area (Å²) in [5, 5.41) is 16.9. The molecule has 2 aromatic carbocycles. The summed E-state index contributed by atoms with van der Waals surface area (Å²) in [4.78, 5) is 24.8. The molecule has 1 heterocycles. The number of anilines is 1. The Labute approximate surface area is 168 Å². The molecular formula is C21H22N6O2. The van der Waals surface area contributed by atoms with Crippen molar-refractivity contribution in [2.24, 2.45) is 5.92 Å². The van der Waals surface area contributed by atoms with E-state index in [2.05, 4.69) is 26.2 Å². The van der Waals surface area contributed by atoms with E-state index in [1.807, 2.05) is 30.3 Å². The molecular weight excluding hydrogens is 368 g/mol. The van der Waals surface area contributed by atoms with Gasteiger partial charge in [0, 0.05) is 23.7 Å². The molecule has 29 heavy (non-hydrogen) atoms. The van der Waals surface area contributed by atoms with Crippen LogP contribution in [-0.2, 0) is 11.3 Å². The summed E-state index contributed by atoms with van der Waals surface area (Å²) < 4.78 is 1.49. The minimum atomic E-state index is -0.194. The molecule has 2 N–H and O–H groups in total. The number of benzene rings is 2. The van der Waals surface area contributed by atoms with Gasteiger partial charge in [-0.1, -0.05) is 31.0 Å². The maximum Gasteiger partial charge on any atom is 0.251 e. The largest absolute Gasteiger partial charge is 0.348 e. The van der Waals surface area contributed by atoms with Crippen LogP contribution in [-0.4, -0.2) is 32.0 Å². The van der Waals surface area contributed by atoms with Crippen LogP contribution in [0, 0.1) is 5.92 Å². The fraction of sp³-hybridized carbons (Fsp3) is 0.286. The van der Waals surface area contributed by atoms with Gasteiger partial charge in [0.05, 0.1) is 5.69 Å². The smallest absolute Gasteiger partial charge is 0.251 e. The van der Waals surface area contributed by atoms with E-state index in [9.17, 15) is 9.59 Å². The number of hydrogen-bond donors (Lipinski definition) is 2. The fourth-order valence-electron chi connectivity index (χ4n) is 3.55. The average molecular weight is 390 g/mol. The zero-order valence-electron chi connectivity index (χ0n) is 15.9. The van der Waals surface area contributed by atoms with E-state index in [0.717, 1.165) is 36.9 Å². The second-order valence-corrected chi connectivity index (χ2v) is 7.16. The molecule has 0 spiro atoms. The summed E-state index contributed by atoms with van der Waals surface area (Å²) in [6.07, 6.45) is 5.65. The highest BCUT2D eigenvalue weighted by Gasteiger charge is 2.22. The highest BCUT2D eigenvalue weighted by Crippen LogP contribution is 2.26. The summed E-state index contributed by atoms with van der Waals surface area (Å²) >= 11 is 0. The van der Waals surface area contributed by atoms with E-state index in [4.69, 9.17) is 0 Å². The Balaban J connectivity index is 1.37. The summed E-state index contributed by atoms with van der Waals surface area (Å²) in [5.74, 6) is 0.00856. The second-order valence-electron chi connectivity index (χ2n) is 7.16. The van der Waals surface area contributed by atoms with Gasteiger partial charge in [-0.2, -0.15) is 0 Å². The summed E-state index contributed by atoms with van der Waals surface area (Å²) in [6.45, 7) is 0.362. The van der Waals surface area contributed by atoms with Crippen molar-refractivity contribution in [3.8, 4) is 5.69 Å². The van der Waals surface area contributed by atoms with Crippen LogP contribution in [0.5, 0.6) is 0 Å². The molecule has 8 nitrogen and oxygen atoms in total. The lowest BCUT2D eigenvalue weighted by atomic mass is 10.1. The Morgan fingerprint density at radius 2 is 1.90 bits per heavy atom. The predicted molar refractivity (Wildman–Crippen MR) is 107 cm³/mol. The topological polar surface area (TPSA) is 102 Å². The molecule has 0 aliphatic heterocycles. The van der Waals surface area contributed by atoms with Crippen LogP contribution in [0.3, 0.4) is 0 Å². The number of aromatic nitrogens is 4. The van der Waals surface area contributed by atoms with Gasteiger partial charge in [0.1, 0.15) is 6.33 Å². The minimum absolute atomic E-state index is 0.0862. The van der Waals surface area contributed by atoms with E-state index in [1.54, 1.807) is 18.2 Å². The molecule has 0 atom stereocenters. The van der Waals surface area contributed by atoms with Crippen molar-refractivity contribution in [1.82, 2.24) is 25.5 Å². The molecule has 0 radical (unpaired) electrons. The summed E-state index contributed by atoms with van der Waals surface area (Å²) in [7, 11) is 0. The zero-order chi connectivity index (χ0) is 20.1. The molecule has 8 heteroatoms. The van der Waals surface area contributed by atoms with Gasteiger partial charge in [0.2, 0.25) is 5.91 Å². The van der Waals surface area contributed by atoms with Crippen molar-refractivity contribution >= 4 is 17.5 Å². The molecule has 2 amide bonds. The van der Waals surface area contributed by atoms with Gasteiger partial charge < -0.3 is 10.6 Å². The van der Waals surface area contributed by atoms with Crippen molar-refractivity contribution in [2.45, 2.75) is 32.2 Å². The first-order valence-electron chi connectivity index (χ1n) is 9.70. The van der Waals surface area contributed by atoms with Crippen molar-refractivity contribution in [3.05, 3.63) is 66.0 Å². The molecule has 1 aliphatic carbocycles. The number of nitrogens with zero attached hydrogens (tertiary/aromatic N) is 4. The Bertz CT molecular complexity index is 996. The number of hydrogen-bond acceptors (Lipinski definition) is 5. The Hall–Kier alpha value is -3.55. The molecule has 3 aromatic rings. The van der Waals surface area contributed by atoms with E-state index < -0.39 is 0 Å². The number of rotatable bonds is 6. The van der Waals surface area contributed by atoms with Crippen LogP contribution in [0.15, 0.2) is 54.9 Å². The van der Waals surface area contributed by atoms with Gasteiger partial charge in [-0.15, -0.1) is 5.10 Å². The molecule has 1 saturated carbocycles. The highest BCUT2D eigenvalue weighted by atomic mass is 16.2.